The Balaban J connectivity index is 2.35. The van der Waals surface area contributed by atoms with Gasteiger partial charge in [-0.15, -0.1) is 0 Å². The molecular formula is C14H18O2. The lowest BCUT2D eigenvalue weighted by molar-refractivity contribution is 0.348. The Morgan fingerprint density at radius 1 is 1.12 bits per heavy atom. The number of hydrogen-bond acceptors (Lipinski definition) is 2. The topological polar surface area (TPSA) is 18.5 Å². The molecule has 1 atom stereocenters. The maximum Gasteiger partial charge on any atom is 0.164 e. The maximum atomic E-state index is 5.47. The fourth-order valence-electron chi connectivity index (χ4n) is 2.31. The first kappa shape index (κ1) is 11.1. The molecule has 1 unspecified atom stereocenters. The largest absolute Gasteiger partial charge is 0.493 e. The molecule has 2 rings (SSSR count). The van der Waals surface area contributed by atoms with Gasteiger partial charge in [-0.1, -0.05) is 24.3 Å². The van der Waals surface area contributed by atoms with E-state index >= 15 is 0 Å². The van der Waals surface area contributed by atoms with E-state index in [2.05, 4.69) is 18.2 Å². The van der Waals surface area contributed by atoms with Crippen LogP contribution < -0.4 is 9.47 Å². The number of allylic oxidation sites excluding steroid dienone is 2. The zero-order valence-electron chi connectivity index (χ0n) is 9.90. The SMILES string of the molecule is COc1cccc(C2CC=CCC2)c1OC. The summed E-state index contributed by atoms with van der Waals surface area (Å²) in [6, 6.07) is 6.13. The molecule has 0 radical (unpaired) electrons. The van der Waals surface area contributed by atoms with Crippen molar-refractivity contribution in [3.8, 4) is 11.5 Å². The van der Waals surface area contributed by atoms with Gasteiger partial charge in [0.15, 0.2) is 11.5 Å². The van der Waals surface area contributed by atoms with Crippen molar-refractivity contribution in [3.63, 3.8) is 0 Å². The van der Waals surface area contributed by atoms with Gasteiger partial charge in [0.2, 0.25) is 0 Å². The Bertz CT molecular complexity index is 382. The van der Waals surface area contributed by atoms with E-state index < -0.39 is 0 Å². The number of benzene rings is 1. The zero-order chi connectivity index (χ0) is 11.4. The van der Waals surface area contributed by atoms with Crippen molar-refractivity contribution in [2.24, 2.45) is 0 Å². The van der Waals surface area contributed by atoms with Gasteiger partial charge in [-0.3, -0.25) is 0 Å². The first-order chi connectivity index (χ1) is 7.86. The smallest absolute Gasteiger partial charge is 0.164 e. The standard InChI is InChI=1S/C14H18O2/c1-15-13-10-6-9-12(14(13)16-2)11-7-4-3-5-8-11/h3-4,6,9-11H,5,7-8H2,1-2H3. The number of ether oxygens (including phenoxy) is 2. The quantitative estimate of drug-likeness (QED) is 0.722. The highest BCUT2D eigenvalue weighted by Crippen LogP contribution is 2.39. The Labute approximate surface area is 96.9 Å². The Hall–Kier alpha value is -1.44. The van der Waals surface area contributed by atoms with E-state index in [9.17, 15) is 0 Å². The fraction of sp³-hybridized carbons (Fsp3) is 0.429. The van der Waals surface area contributed by atoms with Crippen LogP contribution in [-0.2, 0) is 0 Å². The van der Waals surface area contributed by atoms with E-state index in [-0.39, 0.29) is 0 Å². The van der Waals surface area contributed by atoms with E-state index in [0.29, 0.717) is 5.92 Å². The maximum absolute atomic E-state index is 5.47. The first-order valence-electron chi connectivity index (χ1n) is 5.72. The fourth-order valence-corrected chi connectivity index (χ4v) is 2.31. The lowest BCUT2D eigenvalue weighted by atomic mass is 9.87. The summed E-state index contributed by atoms with van der Waals surface area (Å²) in [7, 11) is 3.39. The average molecular weight is 218 g/mol. The molecular weight excluding hydrogens is 200 g/mol. The Morgan fingerprint density at radius 3 is 2.62 bits per heavy atom. The molecule has 86 valence electrons. The van der Waals surface area contributed by atoms with Crippen LogP contribution in [0.1, 0.15) is 30.7 Å². The number of hydrogen-bond donors (Lipinski definition) is 0. The van der Waals surface area contributed by atoms with E-state index in [1.807, 2.05) is 12.1 Å². The van der Waals surface area contributed by atoms with Crippen LogP contribution in [0.25, 0.3) is 0 Å². The summed E-state index contributed by atoms with van der Waals surface area (Å²) in [5, 5.41) is 0. The molecule has 0 bridgehead atoms. The third kappa shape index (κ3) is 2.06. The Morgan fingerprint density at radius 2 is 2.00 bits per heavy atom. The van der Waals surface area contributed by atoms with Gasteiger partial charge in [0, 0.05) is 5.56 Å². The molecule has 0 heterocycles. The van der Waals surface area contributed by atoms with E-state index in [1.165, 1.54) is 12.0 Å². The van der Waals surface area contributed by atoms with Gasteiger partial charge < -0.3 is 9.47 Å². The minimum absolute atomic E-state index is 0.565. The van der Waals surface area contributed by atoms with Crippen molar-refractivity contribution in [2.45, 2.75) is 25.2 Å². The summed E-state index contributed by atoms with van der Waals surface area (Å²) >= 11 is 0. The van der Waals surface area contributed by atoms with Gasteiger partial charge >= 0.3 is 0 Å². The monoisotopic (exact) mass is 218 g/mol. The molecule has 1 aliphatic carbocycles. The molecule has 0 aliphatic heterocycles. The normalized spacial score (nSPS) is 19.5. The van der Waals surface area contributed by atoms with Gasteiger partial charge in [0.05, 0.1) is 14.2 Å². The summed E-state index contributed by atoms with van der Waals surface area (Å²) < 4.78 is 10.8. The number of methoxy groups -OCH3 is 2. The molecule has 1 aliphatic rings. The van der Waals surface area contributed by atoms with Crippen molar-refractivity contribution in [2.75, 3.05) is 14.2 Å². The number of para-hydroxylation sites is 1. The van der Waals surface area contributed by atoms with Gasteiger partial charge in [-0.05, 0) is 31.2 Å². The van der Waals surface area contributed by atoms with Crippen LogP contribution in [-0.4, -0.2) is 14.2 Å². The van der Waals surface area contributed by atoms with Gasteiger partial charge in [0.1, 0.15) is 0 Å². The molecule has 2 nitrogen and oxygen atoms in total. The van der Waals surface area contributed by atoms with Crippen LogP contribution in [0.4, 0.5) is 0 Å². The van der Waals surface area contributed by atoms with Crippen molar-refractivity contribution in [1.29, 1.82) is 0 Å². The highest BCUT2D eigenvalue weighted by molar-refractivity contribution is 5.48. The molecule has 1 aromatic carbocycles. The van der Waals surface area contributed by atoms with Crippen molar-refractivity contribution >= 4 is 0 Å². The molecule has 1 aromatic rings. The third-order valence-corrected chi connectivity index (χ3v) is 3.14. The lowest BCUT2D eigenvalue weighted by Gasteiger charge is -2.21. The second-order valence-electron chi connectivity index (χ2n) is 4.06. The van der Waals surface area contributed by atoms with E-state index in [0.717, 1.165) is 24.3 Å². The second-order valence-corrected chi connectivity index (χ2v) is 4.06. The minimum atomic E-state index is 0.565. The molecule has 0 amide bonds. The van der Waals surface area contributed by atoms with Crippen LogP contribution >= 0.6 is 0 Å². The van der Waals surface area contributed by atoms with Crippen molar-refractivity contribution in [1.82, 2.24) is 0 Å². The molecule has 2 heteroatoms. The van der Waals surface area contributed by atoms with Gasteiger partial charge in [-0.2, -0.15) is 0 Å². The summed E-state index contributed by atoms with van der Waals surface area (Å²) in [5.41, 5.74) is 1.27. The highest BCUT2D eigenvalue weighted by atomic mass is 16.5. The molecule has 0 aromatic heterocycles. The third-order valence-electron chi connectivity index (χ3n) is 3.14. The lowest BCUT2D eigenvalue weighted by Crippen LogP contribution is -2.04. The van der Waals surface area contributed by atoms with Crippen LogP contribution in [0.3, 0.4) is 0 Å². The minimum Gasteiger partial charge on any atom is -0.493 e. The zero-order valence-corrected chi connectivity index (χ0v) is 9.90. The summed E-state index contributed by atoms with van der Waals surface area (Å²) in [6.07, 6.45) is 7.96. The van der Waals surface area contributed by atoms with E-state index in [1.54, 1.807) is 14.2 Å². The molecule has 0 spiro atoms. The van der Waals surface area contributed by atoms with E-state index in [4.69, 9.17) is 9.47 Å². The van der Waals surface area contributed by atoms with Crippen molar-refractivity contribution < 1.29 is 9.47 Å². The van der Waals surface area contributed by atoms with Crippen LogP contribution in [0.15, 0.2) is 30.4 Å². The van der Waals surface area contributed by atoms with Crippen LogP contribution in [0, 0.1) is 0 Å². The average Bonchev–Trinajstić information content (AvgIpc) is 2.38. The summed E-state index contributed by atoms with van der Waals surface area (Å²) in [6.45, 7) is 0. The molecule has 0 fully saturated rings. The molecule has 0 saturated heterocycles. The van der Waals surface area contributed by atoms with Crippen LogP contribution in [0.2, 0.25) is 0 Å². The van der Waals surface area contributed by atoms with Crippen LogP contribution in [0.5, 0.6) is 11.5 Å². The summed E-state index contributed by atoms with van der Waals surface area (Å²) in [5.74, 6) is 2.29. The summed E-state index contributed by atoms with van der Waals surface area (Å²) in [4.78, 5) is 0. The molecule has 0 saturated carbocycles. The highest BCUT2D eigenvalue weighted by Gasteiger charge is 2.19. The predicted octanol–water partition coefficient (Wildman–Crippen LogP) is 3.53. The first-order valence-corrected chi connectivity index (χ1v) is 5.72. The Kier molecular flexibility index (Phi) is 3.50. The number of rotatable bonds is 3. The van der Waals surface area contributed by atoms with Gasteiger partial charge in [-0.25, -0.2) is 0 Å². The molecule has 0 N–H and O–H groups in total. The van der Waals surface area contributed by atoms with Gasteiger partial charge in [0.25, 0.3) is 0 Å². The second kappa shape index (κ2) is 5.06. The predicted molar refractivity (Wildman–Crippen MR) is 65.3 cm³/mol. The molecule has 16 heavy (non-hydrogen) atoms. The van der Waals surface area contributed by atoms with Crippen molar-refractivity contribution in [3.05, 3.63) is 35.9 Å².